The van der Waals surface area contributed by atoms with E-state index in [1.165, 1.54) is 4.90 Å². The van der Waals surface area contributed by atoms with Crippen molar-refractivity contribution < 1.29 is 14.3 Å². The summed E-state index contributed by atoms with van der Waals surface area (Å²) in [6, 6.07) is 5.59. The highest BCUT2D eigenvalue weighted by Crippen LogP contribution is 2.35. The van der Waals surface area contributed by atoms with E-state index in [1.54, 1.807) is 26.3 Å². The fourth-order valence-electron chi connectivity index (χ4n) is 1.56. The summed E-state index contributed by atoms with van der Waals surface area (Å²) >= 11 is 6.78. The number of hydrogen-bond acceptors (Lipinski definition) is 4. The van der Waals surface area contributed by atoms with Crippen LogP contribution in [0.4, 0.5) is 0 Å². The number of rotatable bonds is 7. The molecule has 0 aliphatic rings. The number of methoxy groups -OCH3 is 1. The first-order valence-electron chi connectivity index (χ1n) is 6.26. The average Bonchev–Trinajstić information content (AvgIpc) is 2.47. The Balaban J connectivity index is 2.51. The lowest BCUT2D eigenvalue weighted by Gasteiger charge is -2.16. The van der Waals surface area contributed by atoms with E-state index in [-0.39, 0.29) is 18.9 Å². The van der Waals surface area contributed by atoms with Crippen molar-refractivity contribution in [2.45, 2.75) is 12.8 Å². The maximum absolute atomic E-state index is 11.8. The van der Waals surface area contributed by atoms with E-state index in [4.69, 9.17) is 14.7 Å². The zero-order valence-corrected chi connectivity index (χ0v) is 15.0. The zero-order chi connectivity index (χ0) is 15.8. The van der Waals surface area contributed by atoms with E-state index in [0.717, 1.165) is 8.95 Å². The van der Waals surface area contributed by atoms with Gasteiger partial charge in [-0.2, -0.15) is 5.26 Å². The highest BCUT2D eigenvalue weighted by Gasteiger charge is 2.11. The van der Waals surface area contributed by atoms with Gasteiger partial charge in [0.25, 0.3) is 0 Å². The summed E-state index contributed by atoms with van der Waals surface area (Å²) < 4.78 is 12.3. The van der Waals surface area contributed by atoms with Crippen LogP contribution in [0.15, 0.2) is 21.1 Å². The Hall–Kier alpha value is -1.26. The molecule has 0 fully saturated rings. The van der Waals surface area contributed by atoms with E-state index in [0.29, 0.717) is 24.5 Å². The highest BCUT2D eigenvalue weighted by atomic mass is 79.9. The summed E-state index contributed by atoms with van der Waals surface area (Å²) in [6.07, 6.45) is 0.595. The number of ether oxygens (including phenoxy) is 2. The maximum Gasteiger partial charge on any atom is 0.225 e. The Kier molecular flexibility index (Phi) is 7.54. The minimum absolute atomic E-state index is 0.0473. The molecule has 0 aliphatic carbocycles. The van der Waals surface area contributed by atoms with Crippen molar-refractivity contribution in [3.63, 3.8) is 0 Å². The van der Waals surface area contributed by atoms with Gasteiger partial charge in [-0.05, 0) is 44.0 Å². The number of nitriles is 1. The molecule has 0 atom stereocenters. The van der Waals surface area contributed by atoms with Gasteiger partial charge >= 0.3 is 0 Å². The van der Waals surface area contributed by atoms with Crippen LogP contribution in [0.5, 0.6) is 11.5 Å². The molecule has 0 spiro atoms. The van der Waals surface area contributed by atoms with Crippen LogP contribution < -0.4 is 9.47 Å². The van der Waals surface area contributed by atoms with Crippen LogP contribution in [-0.2, 0) is 4.79 Å². The van der Waals surface area contributed by atoms with Crippen LogP contribution in [-0.4, -0.2) is 38.1 Å². The molecule has 1 aromatic carbocycles. The largest absolute Gasteiger partial charge is 0.496 e. The molecular weight excluding hydrogens is 404 g/mol. The van der Waals surface area contributed by atoms with Gasteiger partial charge in [-0.15, -0.1) is 0 Å². The molecule has 0 heterocycles. The van der Waals surface area contributed by atoms with Crippen molar-refractivity contribution in [3.8, 4) is 17.6 Å². The van der Waals surface area contributed by atoms with Gasteiger partial charge in [0.05, 0.1) is 41.6 Å². The average molecular weight is 420 g/mol. The lowest BCUT2D eigenvalue weighted by atomic mass is 10.3. The molecule has 1 aromatic rings. The van der Waals surface area contributed by atoms with Crippen molar-refractivity contribution in [2.24, 2.45) is 0 Å². The molecule has 0 aliphatic heterocycles. The molecule has 0 aromatic heterocycles. The van der Waals surface area contributed by atoms with Crippen LogP contribution in [0.3, 0.4) is 0 Å². The van der Waals surface area contributed by atoms with E-state index in [9.17, 15) is 4.79 Å². The standard InChI is InChI=1S/C14H16Br2N2O3/c1-18(6-3-5-17)14(19)4-7-21-13-9-10(15)12(20-2)8-11(13)16/h8-9H,3-4,6-7H2,1-2H3. The summed E-state index contributed by atoms with van der Waals surface area (Å²) in [7, 11) is 3.27. The molecular formula is C14H16Br2N2O3. The van der Waals surface area contributed by atoms with Gasteiger partial charge in [-0.1, -0.05) is 0 Å². The third kappa shape index (κ3) is 5.56. The second kappa shape index (κ2) is 8.90. The maximum atomic E-state index is 11.8. The Labute approximate surface area is 141 Å². The van der Waals surface area contributed by atoms with E-state index in [2.05, 4.69) is 31.9 Å². The van der Waals surface area contributed by atoms with Gasteiger partial charge in [-0.3, -0.25) is 4.79 Å². The van der Waals surface area contributed by atoms with Crippen molar-refractivity contribution in [2.75, 3.05) is 27.3 Å². The number of carbonyl (C=O) groups is 1. The molecule has 5 nitrogen and oxygen atoms in total. The summed E-state index contributed by atoms with van der Waals surface area (Å²) in [5.41, 5.74) is 0. The van der Waals surface area contributed by atoms with E-state index < -0.39 is 0 Å². The Morgan fingerprint density at radius 2 is 1.95 bits per heavy atom. The first kappa shape index (κ1) is 17.8. The molecule has 0 bridgehead atoms. The van der Waals surface area contributed by atoms with Crippen LogP contribution >= 0.6 is 31.9 Å². The Bertz CT molecular complexity index is 544. The summed E-state index contributed by atoms with van der Waals surface area (Å²) in [4.78, 5) is 13.3. The topological polar surface area (TPSA) is 62.6 Å². The number of amides is 1. The number of hydrogen-bond donors (Lipinski definition) is 0. The van der Waals surface area contributed by atoms with Crippen LogP contribution in [0.2, 0.25) is 0 Å². The van der Waals surface area contributed by atoms with Gasteiger partial charge in [-0.25, -0.2) is 0 Å². The molecule has 21 heavy (non-hydrogen) atoms. The first-order valence-corrected chi connectivity index (χ1v) is 7.85. The van der Waals surface area contributed by atoms with Crippen molar-refractivity contribution in [3.05, 3.63) is 21.1 Å². The Morgan fingerprint density at radius 1 is 1.33 bits per heavy atom. The fraction of sp³-hybridized carbons (Fsp3) is 0.429. The lowest BCUT2D eigenvalue weighted by molar-refractivity contribution is -0.130. The fourth-order valence-corrected chi connectivity index (χ4v) is 2.48. The number of carbonyl (C=O) groups excluding carboxylic acids is 1. The Morgan fingerprint density at radius 3 is 2.57 bits per heavy atom. The highest BCUT2D eigenvalue weighted by molar-refractivity contribution is 9.11. The minimum atomic E-state index is -0.0473. The van der Waals surface area contributed by atoms with Crippen molar-refractivity contribution in [1.29, 1.82) is 5.26 Å². The molecule has 0 unspecified atom stereocenters. The second-order valence-corrected chi connectivity index (χ2v) is 5.95. The molecule has 0 saturated carbocycles. The molecule has 0 saturated heterocycles. The van der Waals surface area contributed by atoms with Gasteiger partial charge in [0, 0.05) is 13.6 Å². The van der Waals surface area contributed by atoms with Crippen molar-refractivity contribution in [1.82, 2.24) is 4.90 Å². The molecule has 1 rings (SSSR count). The van der Waals surface area contributed by atoms with Crippen LogP contribution in [0.25, 0.3) is 0 Å². The summed E-state index contributed by atoms with van der Waals surface area (Å²) in [5.74, 6) is 1.28. The molecule has 0 radical (unpaired) electrons. The monoisotopic (exact) mass is 418 g/mol. The van der Waals surface area contributed by atoms with Gasteiger partial charge in [0.1, 0.15) is 11.5 Å². The van der Waals surface area contributed by atoms with Gasteiger partial charge < -0.3 is 14.4 Å². The number of nitrogens with zero attached hydrogens (tertiary/aromatic N) is 2. The normalized spacial score (nSPS) is 9.86. The minimum Gasteiger partial charge on any atom is -0.496 e. The summed E-state index contributed by atoms with van der Waals surface area (Å²) in [5, 5.41) is 8.49. The SMILES string of the molecule is COc1cc(Br)c(OCCC(=O)N(C)CCC#N)cc1Br. The molecule has 1 amide bonds. The van der Waals surface area contributed by atoms with Crippen LogP contribution in [0.1, 0.15) is 12.8 Å². The second-order valence-electron chi connectivity index (χ2n) is 4.24. The predicted molar refractivity (Wildman–Crippen MR) is 86.4 cm³/mol. The predicted octanol–water partition coefficient (Wildman–Crippen LogP) is 3.36. The van der Waals surface area contributed by atoms with Crippen LogP contribution in [0, 0.1) is 11.3 Å². The van der Waals surface area contributed by atoms with Gasteiger partial charge in [0.2, 0.25) is 5.91 Å². The zero-order valence-electron chi connectivity index (χ0n) is 11.9. The van der Waals surface area contributed by atoms with Gasteiger partial charge in [0.15, 0.2) is 0 Å². The van der Waals surface area contributed by atoms with E-state index >= 15 is 0 Å². The first-order chi connectivity index (χ1) is 9.99. The van der Waals surface area contributed by atoms with E-state index in [1.807, 2.05) is 6.07 Å². The smallest absolute Gasteiger partial charge is 0.225 e. The third-order valence-electron chi connectivity index (χ3n) is 2.76. The quantitative estimate of drug-likeness (QED) is 0.679. The number of halogens is 2. The molecule has 7 heteroatoms. The summed E-state index contributed by atoms with van der Waals surface area (Å²) in [6.45, 7) is 0.709. The number of benzene rings is 1. The van der Waals surface area contributed by atoms with Crippen molar-refractivity contribution >= 4 is 37.8 Å². The lowest BCUT2D eigenvalue weighted by Crippen LogP contribution is -2.28. The molecule has 114 valence electrons. The molecule has 0 N–H and O–H groups in total. The third-order valence-corrected chi connectivity index (χ3v) is 4.00.